The molecule has 32 heavy (non-hydrogen) atoms. The highest BCUT2D eigenvalue weighted by molar-refractivity contribution is 7.17. The van der Waals surface area contributed by atoms with Crippen molar-refractivity contribution in [1.82, 2.24) is 9.97 Å². The summed E-state index contributed by atoms with van der Waals surface area (Å²) in [7, 11) is 1.68. The highest BCUT2D eigenvalue weighted by atomic mass is 32.1. The van der Waals surface area contributed by atoms with Gasteiger partial charge < -0.3 is 15.4 Å². The van der Waals surface area contributed by atoms with E-state index in [2.05, 4.69) is 75.6 Å². The van der Waals surface area contributed by atoms with E-state index in [0.717, 1.165) is 57.5 Å². The molecule has 0 unspecified atom stereocenters. The Labute approximate surface area is 191 Å². The van der Waals surface area contributed by atoms with Crippen LogP contribution in [0.15, 0.2) is 72.1 Å². The third-order valence-electron chi connectivity index (χ3n) is 5.47. The van der Waals surface area contributed by atoms with Gasteiger partial charge in [0.1, 0.15) is 22.2 Å². The second-order valence-corrected chi connectivity index (χ2v) is 8.42. The van der Waals surface area contributed by atoms with Gasteiger partial charge in [-0.3, -0.25) is 0 Å². The summed E-state index contributed by atoms with van der Waals surface area (Å²) in [4.78, 5) is 10.4. The number of hydrogen-bond acceptors (Lipinski definition) is 6. The van der Waals surface area contributed by atoms with Gasteiger partial charge in [0.05, 0.1) is 12.5 Å². The molecule has 0 aliphatic heterocycles. The van der Waals surface area contributed by atoms with Gasteiger partial charge in [0.15, 0.2) is 0 Å². The Morgan fingerprint density at radius 2 is 1.66 bits per heavy atom. The van der Waals surface area contributed by atoms with E-state index in [4.69, 9.17) is 9.72 Å². The molecule has 0 fully saturated rings. The molecule has 2 aromatic heterocycles. The van der Waals surface area contributed by atoms with E-state index in [0.29, 0.717) is 0 Å². The number of rotatable bonds is 7. The van der Waals surface area contributed by atoms with Gasteiger partial charge in [-0.05, 0) is 36.1 Å². The van der Waals surface area contributed by atoms with Crippen molar-refractivity contribution in [2.75, 3.05) is 30.8 Å². The number of nitrogens with one attached hydrogen (secondary N) is 2. The first-order chi connectivity index (χ1) is 15.7. The zero-order valence-electron chi connectivity index (χ0n) is 18.1. The summed E-state index contributed by atoms with van der Waals surface area (Å²) >= 11 is 1.65. The van der Waals surface area contributed by atoms with Gasteiger partial charge in [-0.2, -0.15) is 0 Å². The van der Waals surface area contributed by atoms with Crippen molar-refractivity contribution in [3.63, 3.8) is 0 Å². The third kappa shape index (κ3) is 3.97. The summed E-state index contributed by atoms with van der Waals surface area (Å²) < 4.78 is 5.30. The molecule has 3 aromatic carbocycles. The molecule has 0 amide bonds. The second kappa shape index (κ2) is 8.85. The van der Waals surface area contributed by atoms with E-state index in [-0.39, 0.29) is 0 Å². The van der Waals surface area contributed by atoms with Gasteiger partial charge in [0.25, 0.3) is 0 Å². The molecule has 0 saturated carbocycles. The van der Waals surface area contributed by atoms with Crippen molar-refractivity contribution in [3.8, 4) is 16.9 Å². The Kier molecular flexibility index (Phi) is 5.60. The first-order valence-electron chi connectivity index (χ1n) is 10.6. The molecule has 2 heterocycles. The number of methoxy groups -OCH3 is 1. The molecule has 160 valence electrons. The highest BCUT2D eigenvalue weighted by Gasteiger charge is 2.14. The molecule has 0 atom stereocenters. The van der Waals surface area contributed by atoms with Crippen LogP contribution in [-0.4, -0.2) is 30.2 Å². The van der Waals surface area contributed by atoms with Crippen LogP contribution in [0.4, 0.5) is 11.5 Å². The summed E-state index contributed by atoms with van der Waals surface area (Å²) in [6, 6.07) is 22.9. The summed E-state index contributed by atoms with van der Waals surface area (Å²) in [5, 5.41) is 12.8. The Morgan fingerprint density at radius 3 is 2.50 bits per heavy atom. The van der Waals surface area contributed by atoms with Crippen LogP contribution in [-0.2, 0) is 0 Å². The summed E-state index contributed by atoms with van der Waals surface area (Å²) in [5.41, 5.74) is 3.40. The number of nitrogens with zero attached hydrogens (tertiary/aromatic N) is 2. The van der Waals surface area contributed by atoms with Gasteiger partial charge in [-0.25, -0.2) is 9.97 Å². The lowest BCUT2D eigenvalue weighted by atomic mass is 10.1. The maximum Gasteiger partial charge on any atom is 0.139 e. The lowest BCUT2D eigenvalue weighted by Gasteiger charge is -2.12. The quantitative estimate of drug-likeness (QED) is 0.289. The lowest BCUT2D eigenvalue weighted by molar-refractivity contribution is 0.415. The number of thiophene rings is 1. The van der Waals surface area contributed by atoms with Gasteiger partial charge in [-0.1, -0.05) is 48.5 Å². The van der Waals surface area contributed by atoms with E-state index >= 15 is 0 Å². The zero-order chi connectivity index (χ0) is 21.9. The number of ether oxygens (including phenoxy) is 1. The molecule has 5 nitrogen and oxygen atoms in total. The monoisotopic (exact) mass is 440 g/mol. The molecule has 2 N–H and O–H groups in total. The molecule has 0 radical (unpaired) electrons. The molecule has 0 aliphatic rings. The molecule has 0 spiro atoms. The SMILES string of the molecule is COc1ccc(-c2csc3nc(C)nc(NCCNc4cccc5ccccc45)c23)cc1. The smallest absolute Gasteiger partial charge is 0.139 e. The summed E-state index contributed by atoms with van der Waals surface area (Å²) in [6.07, 6.45) is 0. The Hall–Kier alpha value is -3.64. The normalized spacial score (nSPS) is 11.1. The highest BCUT2D eigenvalue weighted by Crippen LogP contribution is 2.37. The molecule has 6 heteroatoms. The summed E-state index contributed by atoms with van der Waals surface area (Å²) in [5.74, 6) is 2.49. The number of aryl methyl sites for hydroxylation is 1. The molecule has 5 rings (SSSR count). The van der Waals surface area contributed by atoms with Crippen molar-refractivity contribution >= 4 is 43.8 Å². The first kappa shape index (κ1) is 20.3. The third-order valence-corrected chi connectivity index (χ3v) is 6.34. The van der Waals surface area contributed by atoms with Crippen molar-refractivity contribution < 1.29 is 4.74 Å². The van der Waals surface area contributed by atoms with E-state index in [1.807, 2.05) is 19.1 Å². The number of aromatic nitrogens is 2. The minimum absolute atomic E-state index is 0.743. The van der Waals surface area contributed by atoms with Crippen molar-refractivity contribution in [2.24, 2.45) is 0 Å². The Balaban J connectivity index is 1.37. The maximum atomic E-state index is 5.30. The van der Waals surface area contributed by atoms with E-state index in [1.165, 1.54) is 10.8 Å². The van der Waals surface area contributed by atoms with Crippen molar-refractivity contribution in [2.45, 2.75) is 6.92 Å². The molecular weight excluding hydrogens is 416 g/mol. The molecule has 5 aromatic rings. The molecular formula is C26H24N4OS. The van der Waals surface area contributed by atoms with Crippen LogP contribution in [0.25, 0.3) is 32.1 Å². The van der Waals surface area contributed by atoms with E-state index < -0.39 is 0 Å². The largest absolute Gasteiger partial charge is 0.497 e. The van der Waals surface area contributed by atoms with Gasteiger partial charge >= 0.3 is 0 Å². The fourth-order valence-corrected chi connectivity index (χ4v) is 4.91. The van der Waals surface area contributed by atoms with Crippen molar-refractivity contribution in [3.05, 3.63) is 77.9 Å². The van der Waals surface area contributed by atoms with Crippen LogP contribution in [0.3, 0.4) is 0 Å². The zero-order valence-corrected chi connectivity index (χ0v) is 18.9. The fraction of sp³-hybridized carbons (Fsp3) is 0.154. The summed E-state index contributed by atoms with van der Waals surface area (Å²) in [6.45, 7) is 3.46. The van der Waals surface area contributed by atoms with Gasteiger partial charge in [0, 0.05) is 35.1 Å². The standard InChI is InChI=1S/C26H24N4OS/c1-17-29-25(28-15-14-27-23-9-5-7-18-6-3-4-8-21(18)23)24-22(16-32-26(24)30-17)19-10-12-20(31-2)13-11-19/h3-13,16,27H,14-15H2,1-2H3,(H,28,29,30). The minimum Gasteiger partial charge on any atom is -0.497 e. The van der Waals surface area contributed by atoms with Gasteiger partial charge in [0.2, 0.25) is 0 Å². The number of anilines is 2. The Morgan fingerprint density at radius 1 is 0.875 bits per heavy atom. The maximum absolute atomic E-state index is 5.30. The predicted molar refractivity (Wildman–Crippen MR) is 135 cm³/mol. The number of hydrogen-bond donors (Lipinski definition) is 2. The predicted octanol–water partition coefficient (Wildman–Crippen LogP) is 6.35. The van der Waals surface area contributed by atoms with Crippen LogP contribution >= 0.6 is 11.3 Å². The second-order valence-electron chi connectivity index (χ2n) is 7.56. The van der Waals surface area contributed by atoms with Crippen LogP contribution < -0.4 is 15.4 Å². The topological polar surface area (TPSA) is 59.1 Å². The van der Waals surface area contributed by atoms with Crippen LogP contribution in [0.5, 0.6) is 5.75 Å². The van der Waals surface area contributed by atoms with Crippen molar-refractivity contribution in [1.29, 1.82) is 0 Å². The fourth-order valence-electron chi connectivity index (χ4n) is 3.92. The average Bonchev–Trinajstić information content (AvgIpc) is 3.25. The first-order valence-corrected chi connectivity index (χ1v) is 11.5. The van der Waals surface area contributed by atoms with E-state index in [1.54, 1.807) is 18.4 Å². The molecule has 0 bridgehead atoms. The average molecular weight is 441 g/mol. The van der Waals surface area contributed by atoms with Gasteiger partial charge in [-0.15, -0.1) is 11.3 Å². The van der Waals surface area contributed by atoms with E-state index in [9.17, 15) is 0 Å². The number of fused-ring (bicyclic) bond motifs is 2. The molecule has 0 aliphatic carbocycles. The van der Waals surface area contributed by atoms with Crippen LogP contribution in [0.2, 0.25) is 0 Å². The number of benzene rings is 3. The minimum atomic E-state index is 0.743. The van der Waals surface area contributed by atoms with Crippen LogP contribution in [0, 0.1) is 6.92 Å². The Bertz CT molecular complexity index is 1370. The molecule has 0 saturated heterocycles. The lowest BCUT2D eigenvalue weighted by Crippen LogP contribution is -2.15. The van der Waals surface area contributed by atoms with Crippen LogP contribution in [0.1, 0.15) is 5.82 Å².